The summed E-state index contributed by atoms with van der Waals surface area (Å²) in [7, 11) is 1.41. The molecule has 1 aromatic rings. The van der Waals surface area contributed by atoms with Gasteiger partial charge < -0.3 is 20.3 Å². The molecule has 6 heteroatoms. The van der Waals surface area contributed by atoms with Gasteiger partial charge in [-0.05, 0) is 44.9 Å². The molecular formula is C15H21NO5. The van der Waals surface area contributed by atoms with E-state index in [4.69, 9.17) is 9.84 Å². The van der Waals surface area contributed by atoms with Crippen molar-refractivity contribution in [1.29, 1.82) is 0 Å². The summed E-state index contributed by atoms with van der Waals surface area (Å²) >= 11 is 0. The predicted octanol–water partition coefficient (Wildman–Crippen LogP) is 2.08. The maximum absolute atomic E-state index is 12.3. The van der Waals surface area contributed by atoms with Gasteiger partial charge in [-0.15, -0.1) is 0 Å². The molecule has 116 valence electrons. The summed E-state index contributed by atoms with van der Waals surface area (Å²) in [5.74, 6) is -1.39. The molecule has 3 N–H and O–H groups in total. The van der Waals surface area contributed by atoms with Crippen LogP contribution in [0, 0.1) is 6.92 Å². The van der Waals surface area contributed by atoms with E-state index in [1.54, 1.807) is 32.9 Å². The van der Waals surface area contributed by atoms with E-state index in [0.29, 0.717) is 0 Å². The third kappa shape index (κ3) is 4.66. The van der Waals surface area contributed by atoms with Crippen molar-refractivity contribution in [2.24, 2.45) is 0 Å². The first-order valence-corrected chi connectivity index (χ1v) is 6.58. The van der Waals surface area contributed by atoms with Crippen molar-refractivity contribution in [3.8, 4) is 11.5 Å². The number of carbonyl (C=O) groups excluding carboxylic acids is 1. The van der Waals surface area contributed by atoms with Crippen LogP contribution in [-0.2, 0) is 4.79 Å². The monoisotopic (exact) mass is 295 g/mol. The molecule has 0 aliphatic rings. The van der Waals surface area contributed by atoms with Crippen LogP contribution in [0.15, 0.2) is 12.1 Å². The molecule has 0 fully saturated rings. The summed E-state index contributed by atoms with van der Waals surface area (Å²) < 4.78 is 5.02. The van der Waals surface area contributed by atoms with Crippen LogP contribution in [0.1, 0.15) is 42.6 Å². The van der Waals surface area contributed by atoms with Crippen LogP contribution in [0.5, 0.6) is 11.5 Å². The van der Waals surface area contributed by atoms with E-state index < -0.39 is 17.4 Å². The third-order valence-electron chi connectivity index (χ3n) is 3.10. The summed E-state index contributed by atoms with van der Waals surface area (Å²) in [5.41, 5.74) is 0.187. The average Bonchev–Trinajstić information content (AvgIpc) is 2.38. The van der Waals surface area contributed by atoms with Crippen LogP contribution >= 0.6 is 0 Å². The van der Waals surface area contributed by atoms with Gasteiger partial charge in [0.25, 0.3) is 5.91 Å². The summed E-state index contributed by atoms with van der Waals surface area (Å²) in [6.45, 7) is 5.25. The maximum atomic E-state index is 12.3. The number of amides is 1. The van der Waals surface area contributed by atoms with Gasteiger partial charge in [-0.3, -0.25) is 9.59 Å². The van der Waals surface area contributed by atoms with Crippen molar-refractivity contribution in [2.75, 3.05) is 7.11 Å². The fourth-order valence-corrected chi connectivity index (χ4v) is 1.93. The molecule has 0 saturated heterocycles. The quantitative estimate of drug-likeness (QED) is 0.746. The highest BCUT2D eigenvalue weighted by atomic mass is 16.5. The number of phenols is 1. The molecule has 1 rings (SSSR count). The van der Waals surface area contributed by atoms with Crippen molar-refractivity contribution < 1.29 is 24.5 Å². The van der Waals surface area contributed by atoms with Gasteiger partial charge in [-0.25, -0.2) is 0 Å². The molecule has 0 aliphatic carbocycles. The number of rotatable bonds is 6. The van der Waals surface area contributed by atoms with Crippen LogP contribution in [0.3, 0.4) is 0 Å². The first-order valence-electron chi connectivity index (χ1n) is 6.58. The van der Waals surface area contributed by atoms with Crippen molar-refractivity contribution in [3.63, 3.8) is 0 Å². The Balaban J connectivity index is 2.94. The molecule has 0 bridgehead atoms. The Bertz CT molecular complexity index is 551. The molecule has 0 aliphatic heterocycles. The van der Waals surface area contributed by atoms with Crippen molar-refractivity contribution in [2.45, 2.75) is 39.2 Å². The number of phenolic OH excluding ortho intramolecular Hbond substituents is 1. The second-order valence-corrected chi connectivity index (χ2v) is 5.60. The summed E-state index contributed by atoms with van der Waals surface area (Å²) in [4.78, 5) is 22.9. The number of carboxylic acid groups (broad SMARTS) is 1. The van der Waals surface area contributed by atoms with E-state index in [1.165, 1.54) is 7.11 Å². The minimum Gasteiger partial charge on any atom is -0.504 e. The van der Waals surface area contributed by atoms with Gasteiger partial charge in [0.2, 0.25) is 0 Å². The van der Waals surface area contributed by atoms with Gasteiger partial charge in [0, 0.05) is 12.0 Å². The van der Waals surface area contributed by atoms with Gasteiger partial charge in [0.15, 0.2) is 11.5 Å². The maximum Gasteiger partial charge on any atom is 0.303 e. The zero-order valence-electron chi connectivity index (χ0n) is 12.7. The number of aliphatic carboxylic acids is 1. The van der Waals surface area contributed by atoms with E-state index in [1.807, 2.05) is 0 Å². The molecule has 0 unspecified atom stereocenters. The van der Waals surface area contributed by atoms with Crippen LogP contribution in [-0.4, -0.2) is 34.7 Å². The largest absolute Gasteiger partial charge is 0.504 e. The predicted molar refractivity (Wildman–Crippen MR) is 77.8 cm³/mol. The lowest BCUT2D eigenvalue weighted by molar-refractivity contribution is -0.137. The van der Waals surface area contributed by atoms with Gasteiger partial charge in [0.05, 0.1) is 12.7 Å². The van der Waals surface area contributed by atoms with Gasteiger partial charge in [-0.2, -0.15) is 0 Å². The molecule has 21 heavy (non-hydrogen) atoms. The number of hydrogen-bond acceptors (Lipinski definition) is 4. The molecule has 0 spiro atoms. The Kier molecular flexibility index (Phi) is 5.18. The Labute approximate surface area is 123 Å². The number of ether oxygens (including phenoxy) is 1. The Morgan fingerprint density at radius 1 is 1.33 bits per heavy atom. The number of carbonyl (C=O) groups is 2. The zero-order valence-corrected chi connectivity index (χ0v) is 12.7. The number of aromatic hydroxyl groups is 1. The lowest BCUT2D eigenvalue weighted by Gasteiger charge is -2.26. The zero-order chi connectivity index (χ0) is 16.2. The molecular weight excluding hydrogens is 274 g/mol. The second-order valence-electron chi connectivity index (χ2n) is 5.60. The lowest BCUT2D eigenvalue weighted by atomic mass is 9.97. The first kappa shape index (κ1) is 16.8. The van der Waals surface area contributed by atoms with E-state index in [0.717, 1.165) is 5.56 Å². The minimum absolute atomic E-state index is 0.0452. The molecule has 1 aromatic carbocycles. The Hall–Kier alpha value is -2.24. The standard InChI is InChI=1S/C15H21NO5/c1-9-7-10(13(19)11(8-9)21-4)14(20)16-15(2,3)6-5-12(17)18/h7-8,19H,5-6H2,1-4H3,(H,16,20)(H,17,18). The summed E-state index contributed by atoms with van der Waals surface area (Å²) in [6.07, 6.45) is 0.244. The van der Waals surface area contributed by atoms with Crippen molar-refractivity contribution in [3.05, 3.63) is 23.3 Å². The molecule has 0 saturated carbocycles. The van der Waals surface area contributed by atoms with E-state index in [-0.39, 0.29) is 29.9 Å². The van der Waals surface area contributed by atoms with Crippen molar-refractivity contribution in [1.82, 2.24) is 5.32 Å². The minimum atomic E-state index is -0.919. The molecule has 0 atom stereocenters. The second kappa shape index (κ2) is 6.47. The molecule has 1 amide bonds. The molecule has 0 aromatic heterocycles. The SMILES string of the molecule is COc1cc(C)cc(C(=O)NC(C)(C)CCC(=O)O)c1O. The Morgan fingerprint density at radius 2 is 1.95 bits per heavy atom. The molecule has 6 nitrogen and oxygen atoms in total. The normalized spacial score (nSPS) is 11.0. The average molecular weight is 295 g/mol. The summed E-state index contributed by atoms with van der Waals surface area (Å²) in [5, 5.41) is 21.5. The smallest absolute Gasteiger partial charge is 0.303 e. The highest BCUT2D eigenvalue weighted by Gasteiger charge is 2.24. The van der Waals surface area contributed by atoms with Crippen LogP contribution < -0.4 is 10.1 Å². The molecule has 0 heterocycles. The third-order valence-corrected chi connectivity index (χ3v) is 3.10. The number of benzene rings is 1. The number of nitrogens with one attached hydrogen (secondary N) is 1. The topological polar surface area (TPSA) is 95.9 Å². The Morgan fingerprint density at radius 3 is 2.48 bits per heavy atom. The number of carboxylic acids is 1. The van der Waals surface area contributed by atoms with E-state index in [2.05, 4.69) is 5.32 Å². The highest BCUT2D eigenvalue weighted by molar-refractivity contribution is 5.98. The number of methoxy groups -OCH3 is 1. The van der Waals surface area contributed by atoms with Crippen LogP contribution in [0.2, 0.25) is 0 Å². The fourth-order valence-electron chi connectivity index (χ4n) is 1.93. The highest BCUT2D eigenvalue weighted by Crippen LogP contribution is 2.31. The van der Waals surface area contributed by atoms with Gasteiger partial charge >= 0.3 is 5.97 Å². The van der Waals surface area contributed by atoms with Crippen LogP contribution in [0.25, 0.3) is 0 Å². The lowest BCUT2D eigenvalue weighted by Crippen LogP contribution is -2.43. The molecule has 0 radical (unpaired) electrons. The number of aryl methyl sites for hydroxylation is 1. The van der Waals surface area contributed by atoms with Crippen molar-refractivity contribution >= 4 is 11.9 Å². The summed E-state index contributed by atoms with van der Waals surface area (Å²) in [6, 6.07) is 3.18. The first-order chi connectivity index (χ1) is 9.66. The van der Waals surface area contributed by atoms with E-state index in [9.17, 15) is 14.7 Å². The van der Waals surface area contributed by atoms with E-state index >= 15 is 0 Å². The fraction of sp³-hybridized carbons (Fsp3) is 0.467. The van der Waals surface area contributed by atoms with Gasteiger partial charge in [-0.1, -0.05) is 0 Å². The van der Waals surface area contributed by atoms with Crippen LogP contribution in [0.4, 0.5) is 0 Å². The van der Waals surface area contributed by atoms with Gasteiger partial charge in [0.1, 0.15) is 0 Å². The number of hydrogen-bond donors (Lipinski definition) is 3.